The fourth-order valence-corrected chi connectivity index (χ4v) is 3.81. The molecule has 1 aliphatic carbocycles. The standard InChI is InChI=1S/C14H26N2O2/c1-2-11-4-6-16(10-11)13-9-14(5-3-12(13)15)17-7-8-18-14/h11-13H,2-10,15H2,1H3. The van der Waals surface area contributed by atoms with Crippen LogP contribution in [0.2, 0.25) is 0 Å². The van der Waals surface area contributed by atoms with E-state index in [0.717, 1.165) is 38.4 Å². The van der Waals surface area contributed by atoms with E-state index in [1.165, 1.54) is 25.9 Å². The summed E-state index contributed by atoms with van der Waals surface area (Å²) in [7, 11) is 0. The summed E-state index contributed by atoms with van der Waals surface area (Å²) in [4.78, 5) is 2.59. The topological polar surface area (TPSA) is 47.7 Å². The van der Waals surface area contributed by atoms with Gasteiger partial charge in [-0.2, -0.15) is 0 Å². The highest BCUT2D eigenvalue weighted by atomic mass is 16.7. The first-order valence-corrected chi connectivity index (χ1v) is 7.50. The van der Waals surface area contributed by atoms with E-state index in [1.54, 1.807) is 0 Å². The normalized spacial score (nSPS) is 40.7. The Labute approximate surface area is 110 Å². The van der Waals surface area contributed by atoms with Crippen molar-refractivity contribution < 1.29 is 9.47 Å². The molecule has 3 fully saturated rings. The largest absolute Gasteiger partial charge is 0.347 e. The van der Waals surface area contributed by atoms with E-state index in [4.69, 9.17) is 15.2 Å². The SMILES string of the molecule is CCC1CCN(C2CC3(CCC2N)OCCO3)C1. The van der Waals surface area contributed by atoms with Crippen molar-refractivity contribution in [2.75, 3.05) is 26.3 Å². The van der Waals surface area contributed by atoms with Crippen LogP contribution in [0.3, 0.4) is 0 Å². The lowest BCUT2D eigenvalue weighted by atomic mass is 9.85. The van der Waals surface area contributed by atoms with Gasteiger partial charge in [-0.3, -0.25) is 4.90 Å². The van der Waals surface area contributed by atoms with Crippen LogP contribution in [-0.4, -0.2) is 49.1 Å². The van der Waals surface area contributed by atoms with E-state index in [2.05, 4.69) is 11.8 Å². The van der Waals surface area contributed by atoms with Gasteiger partial charge in [0.25, 0.3) is 0 Å². The molecule has 18 heavy (non-hydrogen) atoms. The molecule has 1 spiro atoms. The summed E-state index contributed by atoms with van der Waals surface area (Å²) in [6.45, 7) is 6.20. The highest BCUT2D eigenvalue weighted by Crippen LogP contribution is 2.38. The number of ether oxygens (including phenoxy) is 2. The van der Waals surface area contributed by atoms with Crippen molar-refractivity contribution in [2.24, 2.45) is 11.7 Å². The molecule has 0 aromatic rings. The van der Waals surface area contributed by atoms with Crippen LogP contribution in [0.5, 0.6) is 0 Å². The molecule has 3 atom stereocenters. The number of nitrogens with two attached hydrogens (primary N) is 1. The summed E-state index contributed by atoms with van der Waals surface area (Å²) >= 11 is 0. The Morgan fingerprint density at radius 3 is 2.72 bits per heavy atom. The molecule has 0 radical (unpaired) electrons. The smallest absolute Gasteiger partial charge is 0.170 e. The lowest BCUT2D eigenvalue weighted by Gasteiger charge is -2.43. The van der Waals surface area contributed by atoms with Gasteiger partial charge >= 0.3 is 0 Å². The van der Waals surface area contributed by atoms with Gasteiger partial charge in [-0.1, -0.05) is 13.3 Å². The number of hydrogen-bond acceptors (Lipinski definition) is 4. The van der Waals surface area contributed by atoms with Gasteiger partial charge in [0.2, 0.25) is 0 Å². The number of rotatable bonds is 2. The van der Waals surface area contributed by atoms with Gasteiger partial charge in [-0.15, -0.1) is 0 Å². The van der Waals surface area contributed by atoms with E-state index in [-0.39, 0.29) is 5.79 Å². The van der Waals surface area contributed by atoms with E-state index in [0.29, 0.717) is 12.1 Å². The predicted octanol–water partition coefficient (Wildman–Crippen LogP) is 1.34. The molecule has 2 saturated heterocycles. The second-order valence-electron chi connectivity index (χ2n) is 6.14. The summed E-state index contributed by atoms with van der Waals surface area (Å²) in [6, 6.07) is 0.743. The number of hydrogen-bond donors (Lipinski definition) is 1. The maximum atomic E-state index is 6.34. The Kier molecular flexibility index (Phi) is 3.63. The molecule has 4 nitrogen and oxygen atoms in total. The predicted molar refractivity (Wildman–Crippen MR) is 70.2 cm³/mol. The third-order valence-electron chi connectivity index (χ3n) is 5.05. The Morgan fingerprint density at radius 1 is 1.28 bits per heavy atom. The van der Waals surface area contributed by atoms with E-state index in [1.807, 2.05) is 0 Å². The van der Waals surface area contributed by atoms with Gasteiger partial charge in [0.15, 0.2) is 5.79 Å². The third kappa shape index (κ3) is 2.31. The molecule has 0 aromatic carbocycles. The van der Waals surface area contributed by atoms with Crippen LogP contribution in [0.25, 0.3) is 0 Å². The Bertz CT molecular complexity index is 292. The summed E-state index contributed by atoms with van der Waals surface area (Å²) < 4.78 is 11.7. The number of nitrogens with zero attached hydrogens (tertiary/aromatic N) is 1. The van der Waals surface area contributed by atoms with E-state index >= 15 is 0 Å². The van der Waals surface area contributed by atoms with Gasteiger partial charge < -0.3 is 15.2 Å². The first kappa shape index (κ1) is 12.9. The molecule has 0 bridgehead atoms. The van der Waals surface area contributed by atoms with Crippen LogP contribution in [0, 0.1) is 5.92 Å². The second kappa shape index (κ2) is 5.08. The molecule has 3 rings (SSSR count). The average molecular weight is 254 g/mol. The molecule has 3 unspecified atom stereocenters. The zero-order valence-corrected chi connectivity index (χ0v) is 11.4. The fraction of sp³-hybridized carbons (Fsp3) is 1.00. The van der Waals surface area contributed by atoms with Gasteiger partial charge in [0.05, 0.1) is 13.2 Å². The van der Waals surface area contributed by atoms with Crippen LogP contribution >= 0.6 is 0 Å². The summed E-state index contributed by atoms with van der Waals surface area (Å²) in [5.41, 5.74) is 6.34. The van der Waals surface area contributed by atoms with Crippen LogP contribution in [0.4, 0.5) is 0 Å². The maximum absolute atomic E-state index is 6.34. The second-order valence-corrected chi connectivity index (χ2v) is 6.14. The van der Waals surface area contributed by atoms with Gasteiger partial charge in [0, 0.05) is 31.5 Å². The Morgan fingerprint density at radius 2 is 2.06 bits per heavy atom. The molecule has 4 heteroatoms. The quantitative estimate of drug-likeness (QED) is 0.808. The maximum Gasteiger partial charge on any atom is 0.170 e. The molecule has 0 aromatic heterocycles. The summed E-state index contributed by atoms with van der Waals surface area (Å²) in [5, 5.41) is 0. The minimum Gasteiger partial charge on any atom is -0.347 e. The zero-order valence-electron chi connectivity index (χ0n) is 11.4. The minimum absolute atomic E-state index is 0.291. The van der Waals surface area contributed by atoms with Gasteiger partial charge in [-0.25, -0.2) is 0 Å². The number of likely N-dealkylation sites (tertiary alicyclic amines) is 1. The van der Waals surface area contributed by atoms with Crippen molar-refractivity contribution in [3.63, 3.8) is 0 Å². The van der Waals surface area contributed by atoms with E-state index in [9.17, 15) is 0 Å². The highest BCUT2D eigenvalue weighted by molar-refractivity contribution is 4.96. The molecule has 104 valence electrons. The van der Waals surface area contributed by atoms with Crippen LogP contribution in [0.1, 0.15) is 39.0 Å². The molecule has 0 amide bonds. The van der Waals surface area contributed by atoms with Crippen molar-refractivity contribution >= 4 is 0 Å². The summed E-state index contributed by atoms with van der Waals surface area (Å²) in [6.07, 6.45) is 5.57. The molecular formula is C14H26N2O2. The van der Waals surface area contributed by atoms with Gasteiger partial charge in [-0.05, 0) is 25.3 Å². The summed E-state index contributed by atoms with van der Waals surface area (Å²) in [5.74, 6) is 0.561. The first-order chi connectivity index (χ1) is 8.72. The van der Waals surface area contributed by atoms with Crippen LogP contribution in [-0.2, 0) is 9.47 Å². The fourth-order valence-electron chi connectivity index (χ4n) is 3.81. The molecule has 2 N–H and O–H groups in total. The zero-order chi connectivity index (χ0) is 12.6. The monoisotopic (exact) mass is 254 g/mol. The lowest BCUT2D eigenvalue weighted by molar-refractivity contribution is -0.191. The molecular weight excluding hydrogens is 228 g/mol. The van der Waals surface area contributed by atoms with Crippen LogP contribution in [0.15, 0.2) is 0 Å². The third-order valence-corrected chi connectivity index (χ3v) is 5.05. The van der Waals surface area contributed by atoms with Crippen molar-refractivity contribution in [1.82, 2.24) is 4.90 Å². The van der Waals surface area contributed by atoms with E-state index < -0.39 is 0 Å². The lowest BCUT2D eigenvalue weighted by Crippen LogP contribution is -2.55. The van der Waals surface area contributed by atoms with Crippen molar-refractivity contribution in [2.45, 2.75) is 56.9 Å². The molecule has 1 saturated carbocycles. The van der Waals surface area contributed by atoms with Crippen molar-refractivity contribution in [3.8, 4) is 0 Å². The van der Waals surface area contributed by atoms with Crippen molar-refractivity contribution in [1.29, 1.82) is 0 Å². The van der Waals surface area contributed by atoms with Gasteiger partial charge in [0.1, 0.15) is 0 Å². The Balaban J connectivity index is 1.66. The molecule has 2 aliphatic heterocycles. The molecule has 2 heterocycles. The van der Waals surface area contributed by atoms with Crippen molar-refractivity contribution in [3.05, 3.63) is 0 Å². The average Bonchev–Trinajstić information content (AvgIpc) is 3.02. The Hall–Kier alpha value is -0.160. The minimum atomic E-state index is -0.301. The molecule has 3 aliphatic rings. The first-order valence-electron chi connectivity index (χ1n) is 7.50. The van der Waals surface area contributed by atoms with Crippen LogP contribution < -0.4 is 5.73 Å². The highest BCUT2D eigenvalue weighted by Gasteiger charge is 2.46.